The van der Waals surface area contributed by atoms with E-state index in [2.05, 4.69) is 9.97 Å². The van der Waals surface area contributed by atoms with E-state index in [9.17, 15) is 9.90 Å². The van der Waals surface area contributed by atoms with Crippen molar-refractivity contribution in [3.63, 3.8) is 0 Å². The molecule has 0 saturated carbocycles. The lowest BCUT2D eigenvalue weighted by atomic mass is 9.91. The second-order valence-electron chi connectivity index (χ2n) is 6.98. The third-order valence-corrected chi connectivity index (χ3v) is 5.15. The number of aromatic nitrogens is 2. The van der Waals surface area contributed by atoms with Crippen LogP contribution in [0.5, 0.6) is 5.75 Å². The first-order chi connectivity index (χ1) is 13.1. The van der Waals surface area contributed by atoms with Crippen LogP contribution < -0.4 is 4.74 Å². The van der Waals surface area contributed by atoms with Gasteiger partial charge >= 0.3 is 0 Å². The first-order valence-corrected chi connectivity index (χ1v) is 9.45. The molecule has 1 aliphatic heterocycles. The number of carbonyl (C=O) groups excluding carboxylic acids is 1. The summed E-state index contributed by atoms with van der Waals surface area (Å²) in [4.78, 5) is 23.4. The van der Waals surface area contributed by atoms with Crippen LogP contribution >= 0.6 is 0 Å². The van der Waals surface area contributed by atoms with Crippen LogP contribution in [-0.2, 0) is 17.8 Å². The molecule has 1 aromatic carbocycles. The number of aryl methyl sites for hydroxylation is 2. The Bertz CT molecular complexity index is 794. The summed E-state index contributed by atoms with van der Waals surface area (Å²) in [5.41, 5.74) is 2.69. The molecule has 27 heavy (non-hydrogen) atoms. The fraction of sp³-hybridized carbons (Fsp3) is 0.476. The predicted octanol–water partition coefficient (Wildman–Crippen LogP) is 2.62. The number of ether oxygens (including phenoxy) is 1. The maximum absolute atomic E-state index is 12.8. The van der Waals surface area contributed by atoms with Crippen molar-refractivity contribution in [2.45, 2.75) is 45.1 Å². The van der Waals surface area contributed by atoms with Crippen LogP contribution in [0.2, 0.25) is 0 Å². The summed E-state index contributed by atoms with van der Waals surface area (Å²) in [5.74, 6) is 1.83. The third kappa shape index (κ3) is 4.63. The second kappa shape index (κ2) is 8.95. The van der Waals surface area contributed by atoms with Gasteiger partial charge in [-0.1, -0.05) is 18.2 Å². The van der Waals surface area contributed by atoms with E-state index in [4.69, 9.17) is 4.74 Å². The quantitative estimate of drug-likeness (QED) is 0.847. The summed E-state index contributed by atoms with van der Waals surface area (Å²) in [6.07, 6.45) is 4.74. The highest BCUT2D eigenvalue weighted by molar-refractivity contribution is 5.76. The summed E-state index contributed by atoms with van der Waals surface area (Å²) >= 11 is 0. The van der Waals surface area contributed by atoms with Crippen molar-refractivity contribution >= 4 is 5.91 Å². The van der Waals surface area contributed by atoms with Crippen LogP contribution in [0.25, 0.3) is 0 Å². The van der Waals surface area contributed by atoms with Crippen molar-refractivity contribution in [1.29, 1.82) is 0 Å². The number of aliphatic hydroxyl groups excluding tert-OH is 1. The normalized spacial score (nSPS) is 17.0. The van der Waals surface area contributed by atoms with E-state index in [0.717, 1.165) is 42.0 Å². The molecule has 0 radical (unpaired) electrons. The van der Waals surface area contributed by atoms with Gasteiger partial charge in [0.1, 0.15) is 11.6 Å². The molecular weight excluding hydrogens is 342 g/mol. The number of carbonyl (C=O) groups is 1. The molecular formula is C21H27N3O3. The van der Waals surface area contributed by atoms with E-state index in [1.54, 1.807) is 13.3 Å². The zero-order chi connectivity index (χ0) is 19.2. The van der Waals surface area contributed by atoms with Gasteiger partial charge in [0.05, 0.1) is 19.4 Å². The largest absolute Gasteiger partial charge is 0.496 e. The molecule has 3 rings (SSSR count). The van der Waals surface area contributed by atoms with Crippen molar-refractivity contribution < 1.29 is 14.6 Å². The zero-order valence-corrected chi connectivity index (χ0v) is 16.0. The zero-order valence-electron chi connectivity index (χ0n) is 16.0. The van der Waals surface area contributed by atoms with Crippen LogP contribution in [0.4, 0.5) is 0 Å². The average molecular weight is 369 g/mol. The Kier molecular flexibility index (Phi) is 6.40. The molecule has 0 spiro atoms. The minimum absolute atomic E-state index is 0.0755. The highest BCUT2D eigenvalue weighted by Gasteiger charge is 2.27. The van der Waals surface area contributed by atoms with Gasteiger partial charge in [0.25, 0.3) is 0 Å². The Morgan fingerprint density at radius 1 is 1.33 bits per heavy atom. The smallest absolute Gasteiger partial charge is 0.222 e. The summed E-state index contributed by atoms with van der Waals surface area (Å²) < 4.78 is 5.37. The molecule has 1 amide bonds. The second-order valence-corrected chi connectivity index (χ2v) is 6.98. The molecule has 2 aromatic rings. The maximum atomic E-state index is 12.8. The van der Waals surface area contributed by atoms with Gasteiger partial charge < -0.3 is 14.7 Å². The fourth-order valence-electron chi connectivity index (χ4n) is 3.72. The molecule has 0 aliphatic carbocycles. The van der Waals surface area contributed by atoms with Crippen LogP contribution in [0.1, 0.15) is 47.8 Å². The number of benzene rings is 1. The Labute approximate surface area is 160 Å². The number of para-hydroxylation sites is 1. The van der Waals surface area contributed by atoms with Crippen molar-refractivity contribution in [3.05, 3.63) is 53.1 Å². The molecule has 2 heterocycles. The highest BCUT2D eigenvalue weighted by Crippen LogP contribution is 2.28. The Morgan fingerprint density at radius 2 is 2.15 bits per heavy atom. The Hall–Kier alpha value is -2.47. The van der Waals surface area contributed by atoms with E-state index >= 15 is 0 Å². The lowest BCUT2D eigenvalue weighted by molar-refractivity contribution is -0.132. The van der Waals surface area contributed by atoms with Crippen molar-refractivity contribution in [1.82, 2.24) is 14.9 Å². The third-order valence-electron chi connectivity index (χ3n) is 5.15. The number of rotatable bonds is 6. The van der Waals surface area contributed by atoms with E-state index in [0.29, 0.717) is 25.2 Å². The van der Waals surface area contributed by atoms with Crippen molar-refractivity contribution in [2.24, 2.45) is 0 Å². The average Bonchev–Trinajstić information content (AvgIpc) is 2.72. The highest BCUT2D eigenvalue weighted by atomic mass is 16.5. The number of likely N-dealkylation sites (tertiary alicyclic amines) is 1. The lowest BCUT2D eigenvalue weighted by Gasteiger charge is -2.33. The molecule has 1 saturated heterocycles. The van der Waals surface area contributed by atoms with Gasteiger partial charge in [-0.05, 0) is 37.8 Å². The lowest BCUT2D eigenvalue weighted by Crippen LogP contribution is -2.39. The van der Waals surface area contributed by atoms with Crippen LogP contribution in [0.15, 0.2) is 30.5 Å². The number of hydrogen-bond acceptors (Lipinski definition) is 5. The molecule has 1 unspecified atom stereocenters. The van der Waals surface area contributed by atoms with E-state index in [-0.39, 0.29) is 18.4 Å². The predicted molar refractivity (Wildman–Crippen MR) is 103 cm³/mol. The van der Waals surface area contributed by atoms with Gasteiger partial charge in [-0.25, -0.2) is 9.97 Å². The molecule has 1 aromatic heterocycles. The summed E-state index contributed by atoms with van der Waals surface area (Å²) in [7, 11) is 1.65. The number of piperidine rings is 1. The Balaban J connectivity index is 1.65. The first kappa shape index (κ1) is 19.3. The van der Waals surface area contributed by atoms with Gasteiger partial charge in [0, 0.05) is 37.2 Å². The van der Waals surface area contributed by atoms with Crippen molar-refractivity contribution in [3.8, 4) is 5.75 Å². The van der Waals surface area contributed by atoms with Gasteiger partial charge in [-0.15, -0.1) is 0 Å². The topological polar surface area (TPSA) is 75.5 Å². The molecule has 1 atom stereocenters. The number of methoxy groups -OCH3 is 1. The van der Waals surface area contributed by atoms with E-state index in [1.807, 2.05) is 36.1 Å². The van der Waals surface area contributed by atoms with E-state index < -0.39 is 0 Å². The van der Waals surface area contributed by atoms with Gasteiger partial charge in [0.15, 0.2) is 0 Å². The maximum Gasteiger partial charge on any atom is 0.222 e. The molecule has 0 bridgehead atoms. The minimum Gasteiger partial charge on any atom is -0.496 e. The molecule has 1 fully saturated rings. The number of hydrogen-bond donors (Lipinski definition) is 1. The molecule has 144 valence electrons. The number of aliphatic hydroxyl groups is 1. The van der Waals surface area contributed by atoms with Crippen LogP contribution in [0, 0.1) is 6.92 Å². The number of amides is 1. The number of nitrogens with zero attached hydrogens (tertiary/aromatic N) is 3. The SMILES string of the molecule is COc1ccccc1CCC(=O)N1CCCC(c2nc(C)ncc2CO)C1. The molecule has 6 heteroatoms. The van der Waals surface area contributed by atoms with Crippen LogP contribution in [0.3, 0.4) is 0 Å². The van der Waals surface area contributed by atoms with Crippen molar-refractivity contribution in [2.75, 3.05) is 20.2 Å². The fourth-order valence-corrected chi connectivity index (χ4v) is 3.72. The van der Waals surface area contributed by atoms with Gasteiger partial charge in [-0.2, -0.15) is 0 Å². The summed E-state index contributed by atoms with van der Waals surface area (Å²) in [6, 6.07) is 7.82. The molecule has 6 nitrogen and oxygen atoms in total. The van der Waals surface area contributed by atoms with Gasteiger partial charge in [-0.3, -0.25) is 4.79 Å². The summed E-state index contributed by atoms with van der Waals surface area (Å²) in [6.45, 7) is 3.20. The van der Waals surface area contributed by atoms with Gasteiger partial charge in [0.2, 0.25) is 5.91 Å². The Morgan fingerprint density at radius 3 is 2.93 bits per heavy atom. The monoisotopic (exact) mass is 369 g/mol. The first-order valence-electron chi connectivity index (χ1n) is 9.45. The molecule has 1 aliphatic rings. The van der Waals surface area contributed by atoms with Crippen LogP contribution in [-0.4, -0.2) is 46.1 Å². The minimum atomic E-state index is -0.0755. The van der Waals surface area contributed by atoms with E-state index in [1.165, 1.54) is 0 Å². The molecule has 1 N–H and O–H groups in total. The standard InChI is InChI=1S/C21H27N3O3/c1-15-22-12-18(14-25)21(23-15)17-7-5-11-24(13-17)20(26)10-9-16-6-3-4-8-19(16)27-2/h3-4,6,8,12,17,25H,5,7,9-11,13-14H2,1-2H3. The summed E-state index contributed by atoms with van der Waals surface area (Å²) in [5, 5.41) is 9.60.